The molecule has 10 heteroatoms. The van der Waals surface area contributed by atoms with Crippen LogP contribution in [0.2, 0.25) is 0 Å². The second-order valence-corrected chi connectivity index (χ2v) is 5.49. The Labute approximate surface area is 159 Å². The molecule has 152 valence electrons. The number of halogens is 3. The predicted molar refractivity (Wildman–Crippen MR) is 96.2 cm³/mol. The van der Waals surface area contributed by atoms with Gasteiger partial charge in [0.05, 0.1) is 32.5 Å². The van der Waals surface area contributed by atoms with Crippen LogP contribution in [0.5, 0.6) is 17.2 Å². The Morgan fingerprint density at radius 2 is 1.71 bits per heavy atom. The smallest absolute Gasteiger partial charge is 0.417 e. The van der Waals surface area contributed by atoms with Crippen LogP contribution in [0.25, 0.3) is 0 Å². The Morgan fingerprint density at radius 1 is 1.00 bits per heavy atom. The first-order valence-corrected chi connectivity index (χ1v) is 8.16. The van der Waals surface area contributed by atoms with Crippen molar-refractivity contribution in [1.82, 2.24) is 10.3 Å². The first-order chi connectivity index (χ1) is 13.3. The third-order valence-corrected chi connectivity index (χ3v) is 3.76. The molecule has 1 heterocycles. The molecule has 2 aromatic rings. The van der Waals surface area contributed by atoms with Crippen molar-refractivity contribution in [3.8, 4) is 17.2 Å². The lowest BCUT2D eigenvalue weighted by atomic mass is 10.1. The fourth-order valence-corrected chi connectivity index (χ4v) is 2.41. The number of alkyl halides is 3. The minimum atomic E-state index is -4.43. The zero-order chi connectivity index (χ0) is 20.7. The van der Waals surface area contributed by atoms with Gasteiger partial charge in [-0.15, -0.1) is 0 Å². The van der Waals surface area contributed by atoms with Gasteiger partial charge in [0.15, 0.2) is 11.5 Å². The molecule has 28 heavy (non-hydrogen) atoms. The van der Waals surface area contributed by atoms with E-state index in [4.69, 9.17) is 14.2 Å². The molecule has 0 unspecified atom stereocenters. The molecule has 2 rings (SSSR count). The maximum Gasteiger partial charge on any atom is 0.417 e. The largest absolute Gasteiger partial charge is 0.493 e. The van der Waals surface area contributed by atoms with Crippen molar-refractivity contribution in [2.24, 2.45) is 0 Å². The first kappa shape index (κ1) is 21.1. The number of rotatable bonds is 8. The molecule has 7 nitrogen and oxygen atoms in total. The summed E-state index contributed by atoms with van der Waals surface area (Å²) in [6.07, 6.45) is -3.69. The van der Waals surface area contributed by atoms with Gasteiger partial charge in [-0.25, -0.2) is 4.98 Å². The van der Waals surface area contributed by atoms with Crippen molar-refractivity contribution < 1.29 is 32.2 Å². The molecule has 0 spiro atoms. The van der Waals surface area contributed by atoms with Gasteiger partial charge in [0.25, 0.3) is 5.91 Å². The van der Waals surface area contributed by atoms with E-state index in [1.165, 1.54) is 27.4 Å². The Bertz CT molecular complexity index is 811. The van der Waals surface area contributed by atoms with E-state index in [9.17, 15) is 18.0 Å². The van der Waals surface area contributed by atoms with Crippen molar-refractivity contribution in [1.29, 1.82) is 0 Å². The average molecular weight is 399 g/mol. The average Bonchev–Trinajstić information content (AvgIpc) is 2.69. The van der Waals surface area contributed by atoms with Crippen molar-refractivity contribution in [2.75, 3.05) is 39.7 Å². The number of hydrogen-bond donors (Lipinski definition) is 2. The Morgan fingerprint density at radius 3 is 2.25 bits per heavy atom. The fraction of sp³-hybridized carbons (Fsp3) is 0.333. The number of pyridine rings is 1. The van der Waals surface area contributed by atoms with Crippen molar-refractivity contribution in [2.45, 2.75) is 6.18 Å². The summed E-state index contributed by atoms with van der Waals surface area (Å²) in [5, 5.41) is 5.51. The quantitative estimate of drug-likeness (QED) is 0.665. The monoisotopic (exact) mass is 399 g/mol. The van der Waals surface area contributed by atoms with Gasteiger partial charge >= 0.3 is 6.18 Å². The summed E-state index contributed by atoms with van der Waals surface area (Å²) in [6.45, 7) is 0.471. The second-order valence-electron chi connectivity index (χ2n) is 5.49. The highest BCUT2D eigenvalue weighted by atomic mass is 19.4. The number of aromatic nitrogens is 1. The number of amides is 1. The van der Waals surface area contributed by atoms with Gasteiger partial charge in [-0.05, 0) is 24.3 Å². The molecule has 0 aliphatic carbocycles. The van der Waals surface area contributed by atoms with Crippen molar-refractivity contribution in [3.05, 3.63) is 41.6 Å². The number of carbonyl (C=O) groups is 1. The van der Waals surface area contributed by atoms with Crippen LogP contribution in [0.4, 0.5) is 19.0 Å². The van der Waals surface area contributed by atoms with Crippen LogP contribution in [-0.2, 0) is 6.18 Å². The van der Waals surface area contributed by atoms with E-state index < -0.39 is 17.6 Å². The maximum absolute atomic E-state index is 12.5. The predicted octanol–water partition coefficient (Wildman–Crippen LogP) is 2.97. The van der Waals surface area contributed by atoms with E-state index in [2.05, 4.69) is 15.6 Å². The minimum absolute atomic E-state index is 0.207. The molecule has 0 fully saturated rings. The number of methoxy groups -OCH3 is 3. The van der Waals surface area contributed by atoms with E-state index in [1.54, 1.807) is 12.1 Å². The molecule has 0 aliphatic rings. The summed E-state index contributed by atoms with van der Waals surface area (Å²) < 4.78 is 53.2. The molecule has 1 aromatic heterocycles. The topological polar surface area (TPSA) is 81.7 Å². The molecule has 0 atom stereocenters. The Kier molecular flexibility index (Phi) is 6.91. The van der Waals surface area contributed by atoms with Crippen molar-refractivity contribution in [3.63, 3.8) is 0 Å². The molecule has 0 bridgehead atoms. The van der Waals surface area contributed by atoms with Crippen LogP contribution < -0.4 is 24.8 Å². The number of nitrogens with one attached hydrogen (secondary N) is 2. The lowest BCUT2D eigenvalue weighted by Crippen LogP contribution is -2.29. The summed E-state index contributed by atoms with van der Waals surface area (Å²) in [6, 6.07) is 5.28. The summed E-state index contributed by atoms with van der Waals surface area (Å²) in [7, 11) is 4.31. The van der Waals surface area contributed by atoms with E-state index in [1.807, 2.05) is 0 Å². The van der Waals surface area contributed by atoms with Crippen LogP contribution in [0, 0.1) is 0 Å². The van der Waals surface area contributed by atoms with Crippen LogP contribution in [0.15, 0.2) is 30.5 Å². The van der Waals surface area contributed by atoms with Crippen LogP contribution in [0.1, 0.15) is 15.9 Å². The first-order valence-electron chi connectivity index (χ1n) is 8.16. The molecule has 2 N–H and O–H groups in total. The summed E-state index contributed by atoms with van der Waals surface area (Å²) in [5.74, 6) is 0.818. The molecular formula is C18H20F3N3O4. The zero-order valence-corrected chi connectivity index (χ0v) is 15.5. The van der Waals surface area contributed by atoms with E-state index in [0.29, 0.717) is 11.5 Å². The highest BCUT2D eigenvalue weighted by Crippen LogP contribution is 2.39. The number of carbonyl (C=O) groups excluding carboxylic acids is 1. The van der Waals surface area contributed by atoms with E-state index in [-0.39, 0.29) is 30.2 Å². The molecule has 0 aliphatic heterocycles. The third kappa shape index (κ3) is 4.96. The molecular weight excluding hydrogens is 379 g/mol. The van der Waals surface area contributed by atoms with Crippen molar-refractivity contribution >= 4 is 11.7 Å². The summed E-state index contributed by atoms with van der Waals surface area (Å²) in [5.41, 5.74) is -0.570. The second kappa shape index (κ2) is 9.16. The highest BCUT2D eigenvalue weighted by molar-refractivity contribution is 5.98. The van der Waals surface area contributed by atoms with Gasteiger partial charge in [0, 0.05) is 19.3 Å². The van der Waals surface area contributed by atoms with Crippen LogP contribution in [0.3, 0.4) is 0 Å². The fourth-order valence-electron chi connectivity index (χ4n) is 2.41. The van der Waals surface area contributed by atoms with Crippen LogP contribution >= 0.6 is 0 Å². The van der Waals surface area contributed by atoms with Crippen LogP contribution in [-0.4, -0.2) is 45.3 Å². The van der Waals surface area contributed by atoms with Gasteiger partial charge in [-0.2, -0.15) is 13.2 Å². The number of nitrogens with zero attached hydrogens (tertiary/aromatic N) is 1. The SMILES string of the molecule is COc1ccc(C(=O)NCCNc2ccc(C(F)(F)F)cn2)c(OC)c1OC. The lowest BCUT2D eigenvalue weighted by Gasteiger charge is -2.15. The highest BCUT2D eigenvalue weighted by Gasteiger charge is 2.30. The van der Waals surface area contributed by atoms with E-state index in [0.717, 1.165) is 12.3 Å². The number of anilines is 1. The van der Waals surface area contributed by atoms with Gasteiger partial charge in [-0.3, -0.25) is 4.79 Å². The summed E-state index contributed by atoms with van der Waals surface area (Å²) >= 11 is 0. The van der Waals surface area contributed by atoms with E-state index >= 15 is 0 Å². The normalized spacial score (nSPS) is 10.9. The number of ether oxygens (including phenoxy) is 3. The number of benzene rings is 1. The Hall–Kier alpha value is -3.17. The Balaban J connectivity index is 1.94. The van der Waals surface area contributed by atoms with Gasteiger partial charge in [-0.1, -0.05) is 0 Å². The summed E-state index contributed by atoms with van der Waals surface area (Å²) in [4.78, 5) is 16.1. The molecule has 1 aromatic carbocycles. The van der Waals surface area contributed by atoms with Gasteiger partial charge in [0.1, 0.15) is 5.82 Å². The number of hydrogen-bond acceptors (Lipinski definition) is 6. The standard InChI is InChI=1S/C18H20F3N3O4/c1-26-13-6-5-12(15(27-2)16(13)28-3)17(25)23-9-8-22-14-7-4-11(10-24-14)18(19,20)21/h4-7,10H,8-9H2,1-3H3,(H,22,24)(H,23,25). The zero-order valence-electron chi connectivity index (χ0n) is 15.5. The molecule has 0 saturated heterocycles. The molecule has 1 amide bonds. The maximum atomic E-state index is 12.5. The third-order valence-electron chi connectivity index (χ3n) is 3.76. The minimum Gasteiger partial charge on any atom is -0.493 e. The lowest BCUT2D eigenvalue weighted by molar-refractivity contribution is -0.137. The molecule has 0 saturated carbocycles. The van der Waals surface area contributed by atoms with Gasteiger partial charge in [0.2, 0.25) is 5.75 Å². The van der Waals surface area contributed by atoms with Gasteiger partial charge < -0.3 is 24.8 Å². The molecule has 0 radical (unpaired) electrons.